The Bertz CT molecular complexity index is 1040. The molecule has 0 spiro atoms. The van der Waals surface area contributed by atoms with Crippen molar-refractivity contribution in [3.63, 3.8) is 0 Å². The largest absolute Gasteiger partial charge is 0.756 e. The molecule has 0 bridgehead atoms. The van der Waals surface area contributed by atoms with Crippen molar-refractivity contribution in [3.8, 4) is 0 Å². The van der Waals surface area contributed by atoms with Crippen molar-refractivity contribution in [2.24, 2.45) is 0 Å². The fraction of sp³-hybridized carbons (Fsp3) is 0.690. The lowest BCUT2D eigenvalue weighted by Gasteiger charge is -2.28. The topological polar surface area (TPSA) is 94.1 Å². The second-order valence-corrected chi connectivity index (χ2v) is 15.3. The summed E-state index contributed by atoms with van der Waals surface area (Å²) >= 11 is 0. The number of unbranched alkanes of at least 4 members (excludes halogenated alkanes) is 9. The minimum absolute atomic E-state index is 0.0123. The van der Waals surface area contributed by atoms with Crippen LogP contribution in [0.2, 0.25) is 0 Å². The molecule has 0 aromatic rings. The fourth-order valence-electron chi connectivity index (χ4n) is 4.74. The van der Waals surface area contributed by atoms with Crippen molar-refractivity contribution in [2.75, 3.05) is 54.1 Å². The summed E-state index contributed by atoms with van der Waals surface area (Å²) in [5.41, 5.74) is 0. The van der Waals surface area contributed by atoms with Gasteiger partial charge in [0.25, 0.3) is 7.82 Å². The van der Waals surface area contributed by atoms with Gasteiger partial charge in [0.05, 0.1) is 34.4 Å². The zero-order valence-corrected chi connectivity index (χ0v) is 33.9. The van der Waals surface area contributed by atoms with E-state index < -0.39 is 13.9 Å². The normalized spacial score (nSPS) is 14.7. The summed E-state index contributed by atoms with van der Waals surface area (Å²) in [6.45, 7) is 5.08. The SMILES string of the molecule is CC/C=C\C/C=C\C/C=C\C/C=C\C/C=C\C/C=C\CCCOCC(COP(=O)([O-])OCC[N+](C)(C)C)OC(=O)CCCCCCCCCCC. The van der Waals surface area contributed by atoms with Gasteiger partial charge in [-0.25, -0.2) is 0 Å². The van der Waals surface area contributed by atoms with E-state index in [9.17, 15) is 14.3 Å². The molecule has 51 heavy (non-hydrogen) atoms. The monoisotopic (exact) mass is 736 g/mol. The third-order valence-electron chi connectivity index (χ3n) is 7.77. The van der Waals surface area contributed by atoms with Gasteiger partial charge in [0.15, 0.2) is 0 Å². The van der Waals surface area contributed by atoms with Gasteiger partial charge in [-0.05, 0) is 57.8 Å². The molecule has 294 valence electrons. The number of phosphoric ester groups is 1. The first-order chi connectivity index (χ1) is 24.6. The van der Waals surface area contributed by atoms with E-state index >= 15 is 0 Å². The molecule has 2 atom stereocenters. The van der Waals surface area contributed by atoms with Crippen molar-refractivity contribution < 1.29 is 37.3 Å². The number of esters is 1. The van der Waals surface area contributed by atoms with E-state index in [1.807, 2.05) is 21.1 Å². The molecule has 0 aromatic carbocycles. The third-order valence-corrected chi connectivity index (χ3v) is 8.74. The Labute approximate surface area is 312 Å². The van der Waals surface area contributed by atoms with Crippen LogP contribution in [0, 0.1) is 0 Å². The van der Waals surface area contributed by atoms with Crippen LogP contribution in [-0.4, -0.2) is 70.7 Å². The number of rotatable bonds is 35. The Kier molecular flexibility index (Phi) is 33.6. The first kappa shape index (κ1) is 48.9. The number of hydrogen-bond donors (Lipinski definition) is 0. The smallest absolute Gasteiger partial charge is 0.306 e. The zero-order chi connectivity index (χ0) is 37.7. The minimum atomic E-state index is -4.53. The number of carbonyl (C=O) groups is 1. The highest BCUT2D eigenvalue weighted by molar-refractivity contribution is 7.45. The van der Waals surface area contributed by atoms with Gasteiger partial charge >= 0.3 is 5.97 Å². The molecule has 0 aliphatic rings. The Morgan fingerprint density at radius 1 is 0.627 bits per heavy atom. The molecule has 0 heterocycles. The van der Waals surface area contributed by atoms with Gasteiger partial charge in [-0.1, -0.05) is 138 Å². The summed E-state index contributed by atoms with van der Waals surface area (Å²) in [4.78, 5) is 24.9. The molecule has 9 heteroatoms. The molecule has 0 radical (unpaired) electrons. The summed E-state index contributed by atoms with van der Waals surface area (Å²) in [6, 6.07) is 0. The molecular formula is C42H74NO7P. The molecule has 0 fully saturated rings. The summed E-state index contributed by atoms with van der Waals surface area (Å²) in [5, 5.41) is 0. The van der Waals surface area contributed by atoms with Crippen LogP contribution >= 0.6 is 7.82 Å². The highest BCUT2D eigenvalue weighted by atomic mass is 31.2. The molecule has 0 amide bonds. The van der Waals surface area contributed by atoms with Gasteiger partial charge in [0.2, 0.25) is 0 Å². The Hall–Kier alpha value is -2.06. The van der Waals surface area contributed by atoms with Gasteiger partial charge < -0.3 is 27.9 Å². The number of hydrogen-bond acceptors (Lipinski definition) is 7. The van der Waals surface area contributed by atoms with E-state index in [2.05, 4.69) is 86.8 Å². The van der Waals surface area contributed by atoms with Crippen LogP contribution in [0.1, 0.15) is 129 Å². The van der Waals surface area contributed by atoms with Crippen molar-refractivity contribution in [2.45, 2.75) is 136 Å². The van der Waals surface area contributed by atoms with Crippen LogP contribution in [0.5, 0.6) is 0 Å². The predicted octanol–water partition coefficient (Wildman–Crippen LogP) is 10.5. The van der Waals surface area contributed by atoms with E-state index in [-0.39, 0.29) is 25.8 Å². The lowest BCUT2D eigenvalue weighted by Crippen LogP contribution is -2.37. The van der Waals surface area contributed by atoms with Gasteiger partial charge in [0, 0.05) is 13.0 Å². The highest BCUT2D eigenvalue weighted by Gasteiger charge is 2.20. The number of carbonyl (C=O) groups excluding carboxylic acids is 1. The van der Waals surface area contributed by atoms with Gasteiger partial charge in [-0.2, -0.15) is 0 Å². The second kappa shape index (κ2) is 35.0. The number of likely N-dealkylation sites (N-methyl/N-ethyl adjacent to an activating group) is 1. The molecule has 0 aliphatic carbocycles. The molecular weight excluding hydrogens is 661 g/mol. The maximum atomic E-state index is 12.6. The quantitative estimate of drug-likeness (QED) is 0.0210. The minimum Gasteiger partial charge on any atom is -0.756 e. The lowest BCUT2D eigenvalue weighted by molar-refractivity contribution is -0.870. The van der Waals surface area contributed by atoms with Crippen LogP contribution < -0.4 is 4.89 Å². The maximum absolute atomic E-state index is 12.6. The maximum Gasteiger partial charge on any atom is 0.306 e. The Morgan fingerprint density at radius 3 is 1.63 bits per heavy atom. The summed E-state index contributed by atoms with van der Waals surface area (Å²) in [7, 11) is 1.31. The number of quaternary nitrogens is 1. The standard InChI is InChI=1S/C42H74NO7P/c1-6-8-10-12-14-16-17-18-19-20-21-22-23-24-25-26-28-30-32-34-37-47-39-41(40-49-51(45,46)48-38-36-43(3,4)5)50-42(44)35-33-31-29-27-15-13-11-9-7-2/h8,10,14,16,18-19,21-22,24-25,28,30,41H,6-7,9,11-13,15,17,20,23,26-27,29,31-40H2,1-5H3/b10-8-,16-14-,19-18-,22-21-,25-24-,30-28-. The molecule has 0 aliphatic heterocycles. The first-order valence-electron chi connectivity index (χ1n) is 19.7. The summed E-state index contributed by atoms with van der Waals surface area (Å²) in [6.07, 6.45) is 43.6. The van der Waals surface area contributed by atoms with E-state index in [0.717, 1.165) is 70.6 Å². The van der Waals surface area contributed by atoms with Gasteiger partial charge in [-0.15, -0.1) is 0 Å². The van der Waals surface area contributed by atoms with Crippen molar-refractivity contribution >= 4 is 13.8 Å². The van der Waals surface area contributed by atoms with E-state index in [4.69, 9.17) is 18.5 Å². The number of nitrogens with zero attached hydrogens (tertiary/aromatic N) is 1. The highest BCUT2D eigenvalue weighted by Crippen LogP contribution is 2.38. The average Bonchev–Trinajstić information content (AvgIpc) is 3.08. The van der Waals surface area contributed by atoms with E-state index in [0.29, 0.717) is 24.1 Å². The molecule has 2 unspecified atom stereocenters. The Morgan fingerprint density at radius 2 is 1.12 bits per heavy atom. The first-order valence-corrected chi connectivity index (χ1v) is 21.1. The molecule has 0 saturated heterocycles. The number of phosphoric acid groups is 1. The van der Waals surface area contributed by atoms with Crippen molar-refractivity contribution in [1.82, 2.24) is 0 Å². The lowest BCUT2D eigenvalue weighted by atomic mass is 10.1. The van der Waals surface area contributed by atoms with Crippen molar-refractivity contribution in [1.29, 1.82) is 0 Å². The second-order valence-electron chi connectivity index (χ2n) is 13.9. The number of allylic oxidation sites excluding steroid dienone is 12. The predicted molar refractivity (Wildman–Crippen MR) is 212 cm³/mol. The van der Waals surface area contributed by atoms with Crippen LogP contribution in [0.3, 0.4) is 0 Å². The molecule has 8 nitrogen and oxygen atoms in total. The fourth-order valence-corrected chi connectivity index (χ4v) is 5.47. The average molecular weight is 736 g/mol. The van der Waals surface area contributed by atoms with Crippen molar-refractivity contribution in [3.05, 3.63) is 72.9 Å². The van der Waals surface area contributed by atoms with Crippen LogP contribution in [-0.2, 0) is 27.9 Å². The number of ether oxygens (including phenoxy) is 2. The zero-order valence-electron chi connectivity index (χ0n) is 33.0. The molecule has 0 rings (SSSR count). The summed E-state index contributed by atoms with van der Waals surface area (Å²) in [5.74, 6) is -0.361. The van der Waals surface area contributed by atoms with Crippen LogP contribution in [0.15, 0.2) is 72.9 Å². The van der Waals surface area contributed by atoms with Crippen LogP contribution in [0.4, 0.5) is 0 Å². The molecule has 0 aromatic heterocycles. The van der Waals surface area contributed by atoms with E-state index in [1.54, 1.807) is 0 Å². The Balaban J connectivity index is 4.36. The van der Waals surface area contributed by atoms with E-state index in [1.165, 1.54) is 38.5 Å². The summed E-state index contributed by atoms with van der Waals surface area (Å²) < 4.78 is 34.3. The van der Waals surface area contributed by atoms with Gasteiger partial charge in [0.1, 0.15) is 19.3 Å². The van der Waals surface area contributed by atoms with Gasteiger partial charge in [-0.3, -0.25) is 9.36 Å². The van der Waals surface area contributed by atoms with Crippen LogP contribution in [0.25, 0.3) is 0 Å². The molecule has 0 N–H and O–H groups in total. The molecule has 0 saturated carbocycles. The third kappa shape index (κ3) is 39.0.